The lowest BCUT2D eigenvalue weighted by Crippen LogP contribution is -2.22. The molecule has 0 spiro atoms. The molecule has 0 bridgehead atoms. The zero-order chi connectivity index (χ0) is 12.0. The predicted molar refractivity (Wildman–Crippen MR) is 64.7 cm³/mol. The first kappa shape index (κ1) is 12.5. The molecular weight excluding hydrogens is 204 g/mol. The molecule has 1 aromatic heterocycles. The van der Waals surface area contributed by atoms with E-state index in [1.54, 1.807) is 22.9 Å². The molecule has 0 aromatic carbocycles. The van der Waals surface area contributed by atoms with Gasteiger partial charge in [0.1, 0.15) is 6.61 Å². The molecule has 1 aromatic rings. The van der Waals surface area contributed by atoms with Crippen LogP contribution in [0.3, 0.4) is 0 Å². The summed E-state index contributed by atoms with van der Waals surface area (Å²) in [5.74, 6) is 0.363. The third kappa shape index (κ3) is 3.55. The van der Waals surface area contributed by atoms with Crippen molar-refractivity contribution in [3.8, 4) is 5.75 Å². The second-order valence-electron chi connectivity index (χ2n) is 3.76. The van der Waals surface area contributed by atoms with Crippen LogP contribution in [-0.4, -0.2) is 17.7 Å². The minimum atomic E-state index is -0.114. The van der Waals surface area contributed by atoms with Crippen molar-refractivity contribution in [1.29, 1.82) is 0 Å². The Morgan fingerprint density at radius 3 is 3.00 bits per heavy atom. The zero-order valence-electron chi connectivity index (χ0n) is 9.61. The Hall–Kier alpha value is -1.55. The third-order valence-electron chi connectivity index (χ3n) is 2.06. The summed E-state index contributed by atoms with van der Waals surface area (Å²) in [4.78, 5) is 11.9. The lowest BCUT2D eigenvalue weighted by molar-refractivity contribution is 0.343. The smallest absolute Gasteiger partial charge is 0.292 e. The number of pyridine rings is 1. The van der Waals surface area contributed by atoms with Gasteiger partial charge in [-0.2, -0.15) is 0 Å². The molecule has 1 heterocycles. The summed E-state index contributed by atoms with van der Waals surface area (Å²) < 4.78 is 6.97. The van der Waals surface area contributed by atoms with Crippen molar-refractivity contribution in [3.05, 3.63) is 40.8 Å². The fourth-order valence-electron chi connectivity index (χ4n) is 1.26. The Morgan fingerprint density at radius 1 is 1.62 bits per heavy atom. The Balaban J connectivity index is 2.78. The molecule has 0 atom stereocenters. The molecule has 16 heavy (non-hydrogen) atoms. The molecule has 4 heteroatoms. The van der Waals surface area contributed by atoms with Gasteiger partial charge in [0.2, 0.25) is 0 Å². The van der Waals surface area contributed by atoms with E-state index in [0.29, 0.717) is 25.4 Å². The highest BCUT2D eigenvalue weighted by Gasteiger charge is 2.03. The summed E-state index contributed by atoms with van der Waals surface area (Å²) in [6.45, 7) is 7.15. The lowest BCUT2D eigenvalue weighted by atomic mass is 10.3. The highest BCUT2D eigenvalue weighted by molar-refractivity contribution is 5.18. The highest BCUT2D eigenvalue weighted by Crippen LogP contribution is 2.03. The maximum Gasteiger partial charge on any atom is 0.292 e. The van der Waals surface area contributed by atoms with Gasteiger partial charge in [0.05, 0.1) is 0 Å². The number of hydrogen-bond donors (Lipinski definition) is 1. The molecule has 0 aliphatic rings. The van der Waals surface area contributed by atoms with E-state index < -0.39 is 0 Å². The first-order chi connectivity index (χ1) is 7.65. The van der Waals surface area contributed by atoms with E-state index in [0.717, 1.165) is 12.0 Å². The fraction of sp³-hybridized carbons (Fsp3) is 0.417. The lowest BCUT2D eigenvalue weighted by Gasteiger charge is -2.08. The quantitative estimate of drug-likeness (QED) is 0.735. The molecule has 0 saturated heterocycles. The van der Waals surface area contributed by atoms with Crippen LogP contribution in [-0.2, 0) is 6.54 Å². The fourth-order valence-corrected chi connectivity index (χ4v) is 1.26. The van der Waals surface area contributed by atoms with E-state index in [1.165, 1.54) is 0 Å². The Labute approximate surface area is 95.3 Å². The predicted octanol–water partition coefficient (Wildman–Crippen LogP) is 1.15. The Kier molecular flexibility index (Phi) is 4.79. The second kappa shape index (κ2) is 6.12. The molecular formula is C12H18N2O2. The molecule has 0 saturated carbocycles. The third-order valence-corrected chi connectivity index (χ3v) is 2.06. The first-order valence-corrected chi connectivity index (χ1v) is 5.32. The van der Waals surface area contributed by atoms with Crippen LogP contribution in [0.2, 0.25) is 0 Å². The van der Waals surface area contributed by atoms with E-state index in [1.807, 2.05) is 6.92 Å². The van der Waals surface area contributed by atoms with Gasteiger partial charge in [0.15, 0.2) is 5.75 Å². The summed E-state index contributed by atoms with van der Waals surface area (Å²) >= 11 is 0. The highest BCUT2D eigenvalue weighted by atomic mass is 16.5. The van der Waals surface area contributed by atoms with Gasteiger partial charge in [-0.3, -0.25) is 4.79 Å². The number of aromatic nitrogens is 1. The Bertz CT molecular complexity index is 410. The van der Waals surface area contributed by atoms with Crippen LogP contribution in [0.4, 0.5) is 0 Å². The zero-order valence-corrected chi connectivity index (χ0v) is 9.61. The molecule has 1 rings (SSSR count). The van der Waals surface area contributed by atoms with Crippen molar-refractivity contribution in [3.63, 3.8) is 0 Å². The van der Waals surface area contributed by atoms with Gasteiger partial charge in [-0.1, -0.05) is 6.58 Å². The topological polar surface area (TPSA) is 57.2 Å². The summed E-state index contributed by atoms with van der Waals surface area (Å²) in [5, 5.41) is 0. The molecule has 0 fully saturated rings. The number of nitrogens with zero attached hydrogens (tertiary/aromatic N) is 1. The maximum atomic E-state index is 11.9. The van der Waals surface area contributed by atoms with Gasteiger partial charge in [0.25, 0.3) is 5.56 Å². The van der Waals surface area contributed by atoms with Crippen molar-refractivity contribution in [2.24, 2.45) is 5.73 Å². The first-order valence-electron chi connectivity index (χ1n) is 5.32. The van der Waals surface area contributed by atoms with Crippen molar-refractivity contribution >= 4 is 0 Å². The molecule has 88 valence electrons. The second-order valence-corrected chi connectivity index (χ2v) is 3.76. The largest absolute Gasteiger partial charge is 0.484 e. The molecule has 2 N–H and O–H groups in total. The van der Waals surface area contributed by atoms with Crippen LogP contribution in [0.5, 0.6) is 5.75 Å². The van der Waals surface area contributed by atoms with Gasteiger partial charge < -0.3 is 15.0 Å². The van der Waals surface area contributed by atoms with Crippen molar-refractivity contribution in [2.45, 2.75) is 19.9 Å². The SMILES string of the molecule is C=C(C)COc1cccn(CCCN)c1=O. The van der Waals surface area contributed by atoms with Crippen LogP contribution >= 0.6 is 0 Å². The monoisotopic (exact) mass is 222 g/mol. The molecule has 0 unspecified atom stereocenters. The normalized spacial score (nSPS) is 10.1. The number of nitrogens with two attached hydrogens (primary N) is 1. The summed E-state index contributed by atoms with van der Waals surface area (Å²) in [6, 6.07) is 3.47. The van der Waals surface area contributed by atoms with Gasteiger partial charge in [-0.25, -0.2) is 0 Å². The van der Waals surface area contributed by atoms with Gasteiger partial charge in [-0.15, -0.1) is 0 Å². The van der Waals surface area contributed by atoms with Gasteiger partial charge >= 0.3 is 0 Å². The van der Waals surface area contributed by atoms with Crippen molar-refractivity contribution < 1.29 is 4.74 Å². The van der Waals surface area contributed by atoms with Gasteiger partial charge in [-0.05, 0) is 37.6 Å². The number of ether oxygens (including phenoxy) is 1. The Morgan fingerprint density at radius 2 is 2.38 bits per heavy atom. The van der Waals surface area contributed by atoms with Crippen LogP contribution < -0.4 is 16.0 Å². The number of hydrogen-bond acceptors (Lipinski definition) is 3. The number of rotatable bonds is 6. The summed E-state index contributed by atoms with van der Waals surface area (Å²) in [7, 11) is 0. The average molecular weight is 222 g/mol. The van der Waals surface area contributed by atoms with Crippen molar-refractivity contribution in [2.75, 3.05) is 13.2 Å². The number of aryl methyl sites for hydroxylation is 1. The average Bonchev–Trinajstić information content (AvgIpc) is 2.26. The van der Waals surface area contributed by atoms with E-state index in [9.17, 15) is 4.79 Å². The summed E-state index contributed by atoms with van der Waals surface area (Å²) in [6.07, 6.45) is 2.52. The molecule has 0 amide bonds. The summed E-state index contributed by atoms with van der Waals surface area (Å²) in [5.41, 5.74) is 6.18. The molecule has 0 aliphatic carbocycles. The molecule has 0 aliphatic heterocycles. The molecule has 0 radical (unpaired) electrons. The van der Waals surface area contributed by atoms with E-state index in [4.69, 9.17) is 10.5 Å². The minimum absolute atomic E-state index is 0.114. The standard InChI is InChI=1S/C12H18N2O2/c1-10(2)9-16-11-5-3-7-14(12(11)15)8-4-6-13/h3,5,7H,1,4,6,8-9,13H2,2H3. The van der Waals surface area contributed by atoms with Crippen LogP contribution in [0.15, 0.2) is 35.3 Å². The van der Waals surface area contributed by atoms with Crippen LogP contribution in [0.25, 0.3) is 0 Å². The van der Waals surface area contributed by atoms with E-state index >= 15 is 0 Å². The van der Waals surface area contributed by atoms with Crippen LogP contribution in [0, 0.1) is 0 Å². The van der Waals surface area contributed by atoms with E-state index in [2.05, 4.69) is 6.58 Å². The van der Waals surface area contributed by atoms with Crippen molar-refractivity contribution in [1.82, 2.24) is 4.57 Å². The van der Waals surface area contributed by atoms with Crippen LogP contribution in [0.1, 0.15) is 13.3 Å². The minimum Gasteiger partial charge on any atom is -0.484 e. The molecule has 4 nitrogen and oxygen atoms in total. The maximum absolute atomic E-state index is 11.9. The van der Waals surface area contributed by atoms with Gasteiger partial charge in [0, 0.05) is 12.7 Å². The van der Waals surface area contributed by atoms with E-state index in [-0.39, 0.29) is 5.56 Å².